The maximum absolute atomic E-state index is 12.9. The number of benzene rings is 2. The van der Waals surface area contributed by atoms with Crippen molar-refractivity contribution in [1.29, 1.82) is 0 Å². The number of ether oxygens (including phenoxy) is 2. The minimum atomic E-state index is -0.149. The quantitative estimate of drug-likeness (QED) is 0.572. The largest absolute Gasteiger partial charge is 0.489 e. The smallest absolute Gasteiger partial charge is 0.289 e. The Bertz CT molecular complexity index is 857. The fourth-order valence-electron chi connectivity index (χ4n) is 2.81. The van der Waals surface area contributed by atoms with Crippen LogP contribution in [0.4, 0.5) is 0 Å². The zero-order valence-electron chi connectivity index (χ0n) is 15.1. The van der Waals surface area contributed by atoms with Gasteiger partial charge in [-0.15, -0.1) is 0 Å². The zero-order chi connectivity index (χ0) is 18.4. The van der Waals surface area contributed by atoms with Gasteiger partial charge in [-0.3, -0.25) is 4.79 Å². The molecule has 0 aliphatic heterocycles. The molecule has 0 aliphatic rings. The molecule has 2 aromatic carbocycles. The summed E-state index contributed by atoms with van der Waals surface area (Å²) in [5, 5.41) is 0.900. The van der Waals surface area contributed by atoms with Crippen molar-refractivity contribution in [3.63, 3.8) is 0 Å². The maximum atomic E-state index is 12.9. The van der Waals surface area contributed by atoms with Crippen LogP contribution in [0.15, 0.2) is 59.0 Å². The molecule has 0 saturated carbocycles. The molecular formula is C21H23NO4. The number of methoxy groups -OCH3 is 1. The van der Waals surface area contributed by atoms with Crippen molar-refractivity contribution in [2.24, 2.45) is 0 Å². The summed E-state index contributed by atoms with van der Waals surface area (Å²) in [6.07, 6.45) is 0.773. The van der Waals surface area contributed by atoms with Gasteiger partial charge in [-0.2, -0.15) is 0 Å². The van der Waals surface area contributed by atoms with E-state index in [9.17, 15) is 4.79 Å². The monoisotopic (exact) mass is 353 g/mol. The summed E-state index contributed by atoms with van der Waals surface area (Å²) in [7, 11) is 3.42. The van der Waals surface area contributed by atoms with Crippen LogP contribution in [0, 0.1) is 0 Å². The van der Waals surface area contributed by atoms with Crippen LogP contribution in [-0.2, 0) is 11.3 Å². The number of carbonyl (C=O) groups excluding carboxylic acids is 1. The molecule has 136 valence electrons. The van der Waals surface area contributed by atoms with E-state index >= 15 is 0 Å². The molecule has 1 heterocycles. The van der Waals surface area contributed by atoms with Crippen LogP contribution in [-0.4, -0.2) is 38.1 Å². The van der Waals surface area contributed by atoms with Gasteiger partial charge in [-0.25, -0.2) is 0 Å². The minimum Gasteiger partial charge on any atom is -0.489 e. The van der Waals surface area contributed by atoms with Gasteiger partial charge in [0.25, 0.3) is 5.91 Å². The Balaban J connectivity index is 1.85. The molecule has 26 heavy (non-hydrogen) atoms. The summed E-state index contributed by atoms with van der Waals surface area (Å²) in [4.78, 5) is 14.5. The lowest BCUT2D eigenvalue weighted by Gasteiger charge is -2.16. The second-order valence-corrected chi connectivity index (χ2v) is 6.08. The first-order chi connectivity index (χ1) is 12.7. The van der Waals surface area contributed by atoms with Gasteiger partial charge in [0.1, 0.15) is 17.9 Å². The van der Waals surface area contributed by atoms with Crippen molar-refractivity contribution in [1.82, 2.24) is 4.90 Å². The van der Waals surface area contributed by atoms with Crippen molar-refractivity contribution < 1.29 is 18.7 Å². The number of para-hydroxylation sites is 2. The average Bonchev–Trinajstić information content (AvgIpc) is 3.05. The molecule has 1 amide bonds. The summed E-state index contributed by atoms with van der Waals surface area (Å²) in [5.74, 6) is 0.940. The predicted octanol–water partition coefficient (Wildman–Crippen LogP) is 4.12. The summed E-state index contributed by atoms with van der Waals surface area (Å²) < 4.78 is 16.8. The SMILES string of the molecule is COCCCN(C)C(=O)c1oc2ccccc2c1COc1ccccc1. The first-order valence-corrected chi connectivity index (χ1v) is 8.63. The highest BCUT2D eigenvalue weighted by molar-refractivity contribution is 5.98. The third-order valence-electron chi connectivity index (χ3n) is 4.21. The van der Waals surface area contributed by atoms with E-state index in [1.165, 1.54) is 0 Å². The first-order valence-electron chi connectivity index (χ1n) is 8.63. The van der Waals surface area contributed by atoms with Crippen LogP contribution >= 0.6 is 0 Å². The van der Waals surface area contributed by atoms with Crippen molar-refractivity contribution in [2.75, 3.05) is 27.3 Å². The van der Waals surface area contributed by atoms with Crippen molar-refractivity contribution >= 4 is 16.9 Å². The van der Waals surface area contributed by atoms with Crippen LogP contribution in [0.25, 0.3) is 11.0 Å². The molecule has 0 atom stereocenters. The summed E-state index contributed by atoms with van der Waals surface area (Å²) in [5.41, 5.74) is 1.46. The number of carbonyl (C=O) groups is 1. The van der Waals surface area contributed by atoms with Crippen molar-refractivity contribution in [2.45, 2.75) is 13.0 Å². The second-order valence-electron chi connectivity index (χ2n) is 6.08. The third kappa shape index (κ3) is 4.06. The van der Waals surface area contributed by atoms with Crippen LogP contribution < -0.4 is 4.74 Å². The normalized spacial score (nSPS) is 10.8. The van der Waals surface area contributed by atoms with Gasteiger partial charge in [0.2, 0.25) is 0 Å². The minimum absolute atomic E-state index is 0.149. The lowest BCUT2D eigenvalue weighted by Crippen LogP contribution is -2.29. The molecule has 5 nitrogen and oxygen atoms in total. The summed E-state index contributed by atoms with van der Waals surface area (Å²) in [6.45, 7) is 1.48. The van der Waals surface area contributed by atoms with Crippen molar-refractivity contribution in [3.8, 4) is 5.75 Å². The highest BCUT2D eigenvalue weighted by atomic mass is 16.5. The average molecular weight is 353 g/mol. The molecule has 0 saturated heterocycles. The van der Waals surface area contributed by atoms with E-state index in [4.69, 9.17) is 13.9 Å². The third-order valence-corrected chi connectivity index (χ3v) is 4.21. The molecule has 1 aromatic heterocycles. The fourth-order valence-corrected chi connectivity index (χ4v) is 2.81. The van der Waals surface area contributed by atoms with Gasteiger partial charge in [-0.1, -0.05) is 36.4 Å². The van der Waals surface area contributed by atoms with Crippen LogP contribution in [0.5, 0.6) is 5.75 Å². The van der Waals surface area contributed by atoms with Gasteiger partial charge in [0, 0.05) is 38.3 Å². The summed E-state index contributed by atoms with van der Waals surface area (Å²) in [6, 6.07) is 17.2. The van der Waals surface area contributed by atoms with E-state index in [1.54, 1.807) is 19.1 Å². The number of fused-ring (bicyclic) bond motifs is 1. The molecule has 0 bridgehead atoms. The molecular weight excluding hydrogens is 330 g/mol. The lowest BCUT2D eigenvalue weighted by molar-refractivity contribution is 0.0747. The zero-order valence-corrected chi connectivity index (χ0v) is 15.1. The van der Waals surface area contributed by atoms with Crippen LogP contribution in [0.1, 0.15) is 22.5 Å². The topological polar surface area (TPSA) is 51.9 Å². The number of nitrogens with zero attached hydrogens (tertiary/aromatic N) is 1. The number of rotatable bonds is 8. The Hall–Kier alpha value is -2.79. The Morgan fingerprint density at radius 1 is 1.08 bits per heavy atom. The molecule has 0 N–H and O–H groups in total. The van der Waals surface area contributed by atoms with Gasteiger partial charge in [-0.05, 0) is 24.6 Å². The van der Waals surface area contributed by atoms with Gasteiger partial charge in [0.15, 0.2) is 5.76 Å². The van der Waals surface area contributed by atoms with Gasteiger partial charge in [0.05, 0.1) is 0 Å². The number of hydrogen-bond acceptors (Lipinski definition) is 4. The molecule has 0 unspecified atom stereocenters. The number of amides is 1. The first kappa shape index (κ1) is 18.0. The second kappa shape index (κ2) is 8.54. The highest BCUT2D eigenvalue weighted by Gasteiger charge is 2.23. The molecule has 0 aliphatic carbocycles. The molecule has 3 aromatic rings. The Morgan fingerprint density at radius 3 is 2.58 bits per heavy atom. The van der Waals surface area contributed by atoms with Gasteiger partial charge >= 0.3 is 0 Å². The van der Waals surface area contributed by atoms with Crippen molar-refractivity contribution in [3.05, 3.63) is 65.9 Å². The van der Waals surface area contributed by atoms with E-state index in [0.29, 0.717) is 24.5 Å². The van der Waals surface area contributed by atoms with E-state index in [0.717, 1.165) is 23.1 Å². The fraction of sp³-hybridized carbons (Fsp3) is 0.286. The molecule has 0 spiro atoms. The molecule has 5 heteroatoms. The number of hydrogen-bond donors (Lipinski definition) is 0. The molecule has 3 rings (SSSR count). The van der Waals surface area contributed by atoms with Crippen LogP contribution in [0.2, 0.25) is 0 Å². The van der Waals surface area contributed by atoms with E-state index in [1.807, 2.05) is 54.6 Å². The van der Waals surface area contributed by atoms with E-state index < -0.39 is 0 Å². The summed E-state index contributed by atoms with van der Waals surface area (Å²) >= 11 is 0. The van der Waals surface area contributed by atoms with Gasteiger partial charge < -0.3 is 18.8 Å². The predicted molar refractivity (Wildman–Crippen MR) is 100 cm³/mol. The maximum Gasteiger partial charge on any atom is 0.289 e. The highest BCUT2D eigenvalue weighted by Crippen LogP contribution is 2.28. The van der Waals surface area contributed by atoms with E-state index in [-0.39, 0.29) is 12.5 Å². The molecule has 0 fully saturated rings. The van der Waals surface area contributed by atoms with Crippen LogP contribution in [0.3, 0.4) is 0 Å². The molecule has 0 radical (unpaired) electrons. The number of furan rings is 1. The lowest BCUT2D eigenvalue weighted by atomic mass is 10.1. The standard InChI is InChI=1S/C21H23NO4/c1-22(13-8-14-24-2)21(23)20-18(15-25-16-9-4-3-5-10-16)17-11-6-7-12-19(17)26-20/h3-7,9-12H,8,13-15H2,1-2H3. The Labute approximate surface area is 153 Å². The Morgan fingerprint density at radius 2 is 1.81 bits per heavy atom. The van der Waals surface area contributed by atoms with E-state index in [2.05, 4.69) is 0 Å². The Kier molecular flexibility index (Phi) is 5.92.